The average molecular weight is 453 g/mol. The third-order valence-electron chi connectivity index (χ3n) is 4.24. The topological polar surface area (TPSA) is 54.2 Å². The number of rotatable bonds is 6. The van der Waals surface area contributed by atoms with Crippen molar-refractivity contribution in [1.29, 1.82) is 0 Å². The molecule has 0 spiro atoms. The Morgan fingerprint density at radius 2 is 2.00 bits per heavy atom. The molecule has 2 aromatic rings. The molecule has 0 radical (unpaired) electrons. The maximum atomic E-state index is 4.76. The highest BCUT2D eigenvalue weighted by atomic mass is 127. The highest BCUT2D eigenvalue weighted by Crippen LogP contribution is 2.27. The van der Waals surface area contributed by atoms with Gasteiger partial charge in [0.2, 0.25) is 0 Å². The van der Waals surface area contributed by atoms with E-state index in [0.29, 0.717) is 6.54 Å². The predicted octanol–water partition coefficient (Wildman–Crippen LogP) is 3.57. The standard InChI is InChI=1S/C19H27N5.HI/c1-4-20-19(21-12-16-9-10-16)22-13-17-7-5-6-8-18(17)24-15(3)11-14(2)23-24;/h5-8,11,16H,4,9-10,12-13H2,1-3H3,(H2,20,21,22);1H. The van der Waals surface area contributed by atoms with Crippen molar-refractivity contribution >= 4 is 29.9 Å². The molecule has 0 saturated heterocycles. The second kappa shape index (κ2) is 9.22. The van der Waals surface area contributed by atoms with Crippen molar-refractivity contribution in [2.75, 3.05) is 13.1 Å². The molecule has 1 saturated carbocycles. The Bertz CT molecular complexity index is 718. The first kappa shape index (κ1) is 19.8. The largest absolute Gasteiger partial charge is 0.357 e. The van der Waals surface area contributed by atoms with Crippen LogP contribution in [0.2, 0.25) is 0 Å². The molecule has 2 N–H and O–H groups in total. The fourth-order valence-corrected chi connectivity index (χ4v) is 2.79. The van der Waals surface area contributed by atoms with Gasteiger partial charge in [-0.05, 0) is 57.2 Å². The van der Waals surface area contributed by atoms with E-state index in [1.165, 1.54) is 18.4 Å². The number of guanidine groups is 1. The summed E-state index contributed by atoms with van der Waals surface area (Å²) < 4.78 is 2.00. The molecule has 1 aliphatic carbocycles. The van der Waals surface area contributed by atoms with Crippen molar-refractivity contribution in [3.8, 4) is 5.69 Å². The molecule has 3 rings (SSSR count). The van der Waals surface area contributed by atoms with Gasteiger partial charge in [0.15, 0.2) is 5.96 Å². The molecule has 0 bridgehead atoms. The SMILES string of the molecule is CCNC(=NCc1ccccc1-n1nc(C)cc1C)NCC1CC1.I. The molecule has 0 amide bonds. The predicted molar refractivity (Wildman–Crippen MR) is 114 cm³/mol. The summed E-state index contributed by atoms with van der Waals surface area (Å²) in [7, 11) is 0. The van der Waals surface area contributed by atoms with Crippen LogP contribution >= 0.6 is 24.0 Å². The quantitative estimate of drug-likeness (QED) is 0.400. The fourth-order valence-electron chi connectivity index (χ4n) is 2.79. The lowest BCUT2D eigenvalue weighted by atomic mass is 10.2. The van der Waals surface area contributed by atoms with Crippen LogP contribution in [-0.4, -0.2) is 28.8 Å². The number of aryl methyl sites for hydroxylation is 2. The Morgan fingerprint density at radius 3 is 2.64 bits per heavy atom. The molecule has 0 unspecified atom stereocenters. The van der Waals surface area contributed by atoms with Crippen molar-refractivity contribution in [3.05, 3.63) is 47.3 Å². The summed E-state index contributed by atoms with van der Waals surface area (Å²) in [6.45, 7) is 8.73. The summed E-state index contributed by atoms with van der Waals surface area (Å²) in [5.41, 5.74) is 4.45. The van der Waals surface area contributed by atoms with Crippen molar-refractivity contribution in [3.63, 3.8) is 0 Å². The molecule has 136 valence electrons. The van der Waals surface area contributed by atoms with Crippen LogP contribution in [0, 0.1) is 19.8 Å². The highest BCUT2D eigenvalue weighted by molar-refractivity contribution is 14.0. The molecule has 6 heteroatoms. The van der Waals surface area contributed by atoms with E-state index < -0.39 is 0 Å². The van der Waals surface area contributed by atoms with E-state index in [4.69, 9.17) is 4.99 Å². The van der Waals surface area contributed by atoms with E-state index in [0.717, 1.165) is 42.0 Å². The normalized spacial score (nSPS) is 14.1. The van der Waals surface area contributed by atoms with Crippen LogP contribution < -0.4 is 10.6 Å². The van der Waals surface area contributed by atoms with Gasteiger partial charge >= 0.3 is 0 Å². The van der Waals surface area contributed by atoms with Crippen molar-refractivity contribution < 1.29 is 0 Å². The lowest BCUT2D eigenvalue weighted by Gasteiger charge is -2.13. The van der Waals surface area contributed by atoms with E-state index in [2.05, 4.69) is 59.9 Å². The zero-order valence-corrected chi connectivity index (χ0v) is 17.6. The minimum Gasteiger partial charge on any atom is -0.357 e. The second-order valence-corrected chi connectivity index (χ2v) is 6.49. The summed E-state index contributed by atoms with van der Waals surface area (Å²) in [5.74, 6) is 1.73. The average Bonchev–Trinajstić information content (AvgIpc) is 3.34. The van der Waals surface area contributed by atoms with Gasteiger partial charge in [-0.15, -0.1) is 24.0 Å². The van der Waals surface area contributed by atoms with Gasteiger partial charge in [0.05, 0.1) is 17.9 Å². The number of hydrogen-bond acceptors (Lipinski definition) is 2. The van der Waals surface area contributed by atoms with E-state index >= 15 is 0 Å². The van der Waals surface area contributed by atoms with Crippen molar-refractivity contribution in [2.45, 2.75) is 40.2 Å². The maximum Gasteiger partial charge on any atom is 0.191 e. The molecule has 0 atom stereocenters. The number of aromatic nitrogens is 2. The first-order valence-corrected chi connectivity index (χ1v) is 8.81. The smallest absolute Gasteiger partial charge is 0.191 e. The molecule has 1 fully saturated rings. The minimum atomic E-state index is 0. The van der Waals surface area contributed by atoms with E-state index in [1.807, 2.05) is 11.6 Å². The van der Waals surface area contributed by atoms with Crippen LogP contribution in [0.5, 0.6) is 0 Å². The Kier molecular flexibility index (Phi) is 7.28. The number of nitrogens with zero attached hydrogens (tertiary/aromatic N) is 3. The highest BCUT2D eigenvalue weighted by Gasteiger charge is 2.21. The van der Waals surface area contributed by atoms with Crippen LogP contribution in [0.3, 0.4) is 0 Å². The Hall–Kier alpha value is -1.57. The number of para-hydroxylation sites is 1. The first-order chi connectivity index (χ1) is 11.7. The molecular weight excluding hydrogens is 425 g/mol. The second-order valence-electron chi connectivity index (χ2n) is 6.49. The molecular formula is C19H28IN5. The molecule has 1 aromatic heterocycles. The van der Waals surface area contributed by atoms with Crippen LogP contribution in [0.15, 0.2) is 35.3 Å². The van der Waals surface area contributed by atoms with Crippen LogP contribution in [0.4, 0.5) is 0 Å². The van der Waals surface area contributed by atoms with Crippen LogP contribution in [-0.2, 0) is 6.54 Å². The van der Waals surface area contributed by atoms with Crippen molar-refractivity contribution in [2.24, 2.45) is 10.9 Å². The summed E-state index contributed by atoms with van der Waals surface area (Å²) in [6.07, 6.45) is 2.68. The number of nitrogens with one attached hydrogen (secondary N) is 2. The van der Waals surface area contributed by atoms with Gasteiger partial charge in [0, 0.05) is 18.8 Å². The number of benzene rings is 1. The van der Waals surface area contributed by atoms with Crippen LogP contribution in [0.25, 0.3) is 5.69 Å². The Balaban J connectivity index is 0.00000225. The number of halogens is 1. The summed E-state index contributed by atoms with van der Waals surface area (Å²) >= 11 is 0. The van der Waals surface area contributed by atoms with Gasteiger partial charge in [0.25, 0.3) is 0 Å². The van der Waals surface area contributed by atoms with Gasteiger partial charge in [-0.25, -0.2) is 9.67 Å². The first-order valence-electron chi connectivity index (χ1n) is 8.81. The van der Waals surface area contributed by atoms with E-state index in [9.17, 15) is 0 Å². The molecule has 0 aliphatic heterocycles. The zero-order valence-electron chi connectivity index (χ0n) is 15.2. The van der Waals surface area contributed by atoms with Gasteiger partial charge in [0.1, 0.15) is 0 Å². The number of aliphatic imine (C=N–C) groups is 1. The fraction of sp³-hybridized carbons (Fsp3) is 0.474. The summed E-state index contributed by atoms with van der Waals surface area (Å²) in [6, 6.07) is 10.4. The lowest BCUT2D eigenvalue weighted by Crippen LogP contribution is -2.38. The maximum absolute atomic E-state index is 4.76. The molecule has 1 heterocycles. The van der Waals surface area contributed by atoms with Gasteiger partial charge in [-0.1, -0.05) is 18.2 Å². The lowest BCUT2D eigenvalue weighted by molar-refractivity contribution is 0.738. The molecule has 5 nitrogen and oxygen atoms in total. The molecule has 1 aromatic carbocycles. The summed E-state index contributed by atoms with van der Waals surface area (Å²) in [4.78, 5) is 4.76. The molecule has 1 aliphatic rings. The Labute approximate surface area is 167 Å². The van der Waals surface area contributed by atoms with Gasteiger partial charge < -0.3 is 10.6 Å². The zero-order chi connectivity index (χ0) is 16.9. The van der Waals surface area contributed by atoms with Crippen molar-refractivity contribution in [1.82, 2.24) is 20.4 Å². The van der Waals surface area contributed by atoms with Gasteiger partial charge in [-0.2, -0.15) is 5.10 Å². The third kappa shape index (κ3) is 5.45. The van der Waals surface area contributed by atoms with Crippen LogP contribution in [0.1, 0.15) is 36.7 Å². The van der Waals surface area contributed by atoms with E-state index in [-0.39, 0.29) is 24.0 Å². The monoisotopic (exact) mass is 453 g/mol. The molecule has 25 heavy (non-hydrogen) atoms. The number of hydrogen-bond donors (Lipinski definition) is 2. The summed E-state index contributed by atoms with van der Waals surface area (Å²) in [5, 5.41) is 11.4. The third-order valence-corrected chi connectivity index (χ3v) is 4.24. The Morgan fingerprint density at radius 1 is 1.24 bits per heavy atom. The van der Waals surface area contributed by atoms with E-state index in [1.54, 1.807) is 0 Å². The minimum absolute atomic E-state index is 0. The van der Waals surface area contributed by atoms with Gasteiger partial charge in [-0.3, -0.25) is 0 Å².